The van der Waals surface area contributed by atoms with E-state index in [0.717, 1.165) is 36.4 Å². The molecule has 42 heavy (non-hydrogen) atoms. The van der Waals surface area contributed by atoms with E-state index in [0.29, 0.717) is 28.1 Å². The van der Waals surface area contributed by atoms with Crippen LogP contribution in [-0.4, -0.2) is 34.8 Å². The van der Waals surface area contributed by atoms with E-state index < -0.39 is 0 Å². The maximum Gasteiger partial charge on any atom is 0.258 e. The van der Waals surface area contributed by atoms with Gasteiger partial charge in [-0.3, -0.25) is 19.5 Å². The SMILES string of the molecule is C[C@H](NC(=O)c1ccc2c(c1)C(=C(Nc1cccc(CN3CCCCC3)c1)c1cccnc1)C(=O)N2)c1ccccc1. The van der Waals surface area contributed by atoms with E-state index in [1.165, 1.54) is 24.8 Å². The lowest BCUT2D eigenvalue weighted by Gasteiger charge is -2.26. The Morgan fingerprint density at radius 2 is 1.76 bits per heavy atom. The molecule has 7 nitrogen and oxygen atoms in total. The predicted molar refractivity (Wildman–Crippen MR) is 168 cm³/mol. The van der Waals surface area contributed by atoms with Gasteiger partial charge in [-0.05, 0) is 86.4 Å². The van der Waals surface area contributed by atoms with Gasteiger partial charge in [0.25, 0.3) is 11.8 Å². The molecule has 212 valence electrons. The van der Waals surface area contributed by atoms with Gasteiger partial charge in [-0.1, -0.05) is 48.9 Å². The number of likely N-dealkylation sites (tertiary alicyclic amines) is 1. The molecule has 1 atom stereocenters. The molecule has 1 saturated heterocycles. The number of amides is 2. The molecule has 1 aromatic heterocycles. The van der Waals surface area contributed by atoms with Crippen molar-refractivity contribution < 1.29 is 9.59 Å². The number of carbonyl (C=O) groups excluding carboxylic acids is 2. The minimum Gasteiger partial charge on any atom is -0.354 e. The molecule has 0 unspecified atom stereocenters. The summed E-state index contributed by atoms with van der Waals surface area (Å²) in [5.41, 5.74) is 6.87. The summed E-state index contributed by atoms with van der Waals surface area (Å²) in [6.45, 7) is 5.11. The average Bonchev–Trinajstić information content (AvgIpc) is 3.36. The molecule has 7 heteroatoms. The minimum atomic E-state index is -0.226. The van der Waals surface area contributed by atoms with Crippen molar-refractivity contribution in [1.29, 1.82) is 0 Å². The number of nitrogens with one attached hydrogen (secondary N) is 3. The van der Waals surface area contributed by atoms with Crippen LogP contribution in [0.15, 0.2) is 97.3 Å². The van der Waals surface area contributed by atoms with Crippen molar-refractivity contribution in [2.24, 2.45) is 0 Å². The maximum atomic E-state index is 13.5. The molecule has 0 radical (unpaired) electrons. The fourth-order valence-electron chi connectivity index (χ4n) is 5.72. The van der Waals surface area contributed by atoms with E-state index in [1.54, 1.807) is 30.6 Å². The standard InChI is InChI=1S/C35H35N5O2/c1-24(26-11-4-2-5-12-26)37-34(41)27-15-16-31-30(21-27)32(35(42)39-31)33(28-13-9-17-36-22-28)38-29-14-8-10-25(20-29)23-40-18-6-3-7-19-40/h2,4-5,8-17,20-22,24,38H,3,6-7,18-19,23H2,1H3,(H,37,41)(H,39,42)/t24-/m0/s1. The van der Waals surface area contributed by atoms with Gasteiger partial charge in [0.1, 0.15) is 0 Å². The van der Waals surface area contributed by atoms with Crippen molar-refractivity contribution in [3.05, 3.63) is 125 Å². The van der Waals surface area contributed by atoms with Crippen LogP contribution in [0.1, 0.15) is 64.8 Å². The first-order chi connectivity index (χ1) is 20.5. The number of anilines is 2. The van der Waals surface area contributed by atoms with Crippen molar-refractivity contribution in [3.63, 3.8) is 0 Å². The Bertz CT molecular complexity index is 1610. The zero-order valence-electron chi connectivity index (χ0n) is 23.8. The first-order valence-corrected chi connectivity index (χ1v) is 14.6. The molecule has 4 aromatic rings. The number of benzene rings is 3. The number of hydrogen-bond donors (Lipinski definition) is 3. The van der Waals surface area contributed by atoms with Crippen LogP contribution in [0.25, 0.3) is 11.3 Å². The van der Waals surface area contributed by atoms with Crippen molar-refractivity contribution in [2.45, 2.75) is 38.8 Å². The number of fused-ring (bicyclic) bond motifs is 1. The van der Waals surface area contributed by atoms with Crippen molar-refractivity contribution >= 4 is 34.5 Å². The number of aromatic nitrogens is 1. The number of nitrogens with zero attached hydrogens (tertiary/aromatic N) is 2. The largest absolute Gasteiger partial charge is 0.354 e. The van der Waals surface area contributed by atoms with Gasteiger partial charge in [0, 0.05) is 47.0 Å². The van der Waals surface area contributed by atoms with Crippen LogP contribution in [-0.2, 0) is 11.3 Å². The second-order valence-electron chi connectivity index (χ2n) is 11.0. The van der Waals surface area contributed by atoms with Gasteiger partial charge in [0.15, 0.2) is 0 Å². The van der Waals surface area contributed by atoms with Gasteiger partial charge in [0.05, 0.1) is 17.3 Å². The molecule has 0 bridgehead atoms. The van der Waals surface area contributed by atoms with Gasteiger partial charge >= 0.3 is 0 Å². The number of piperidine rings is 1. The van der Waals surface area contributed by atoms with E-state index in [4.69, 9.17) is 0 Å². The third-order valence-electron chi connectivity index (χ3n) is 7.92. The normalized spacial score (nSPS) is 16.7. The lowest BCUT2D eigenvalue weighted by molar-refractivity contribution is -0.110. The van der Waals surface area contributed by atoms with Gasteiger partial charge in [-0.15, -0.1) is 0 Å². The van der Waals surface area contributed by atoms with Gasteiger partial charge in [0.2, 0.25) is 0 Å². The number of hydrogen-bond acceptors (Lipinski definition) is 5. The summed E-state index contributed by atoms with van der Waals surface area (Å²) in [6, 6.07) is 27.2. The highest BCUT2D eigenvalue weighted by Gasteiger charge is 2.30. The molecular formula is C35H35N5O2. The van der Waals surface area contributed by atoms with Crippen LogP contribution in [0.3, 0.4) is 0 Å². The van der Waals surface area contributed by atoms with Crippen molar-refractivity contribution in [1.82, 2.24) is 15.2 Å². The lowest BCUT2D eigenvalue weighted by atomic mass is 9.98. The molecule has 0 spiro atoms. The quantitative estimate of drug-likeness (QED) is 0.216. The Morgan fingerprint density at radius 3 is 2.55 bits per heavy atom. The molecule has 2 aliphatic heterocycles. The highest BCUT2D eigenvalue weighted by molar-refractivity contribution is 6.37. The summed E-state index contributed by atoms with van der Waals surface area (Å²) in [5, 5.41) is 9.61. The van der Waals surface area contributed by atoms with E-state index in [1.807, 2.05) is 61.5 Å². The molecule has 1 fully saturated rings. The van der Waals surface area contributed by atoms with Crippen LogP contribution >= 0.6 is 0 Å². The van der Waals surface area contributed by atoms with E-state index in [-0.39, 0.29) is 17.9 Å². The first-order valence-electron chi connectivity index (χ1n) is 14.6. The molecule has 2 amide bonds. The van der Waals surface area contributed by atoms with Crippen LogP contribution in [0.4, 0.5) is 11.4 Å². The molecule has 6 rings (SSSR count). The van der Waals surface area contributed by atoms with Crippen LogP contribution < -0.4 is 16.0 Å². The number of rotatable bonds is 8. The molecule has 3 heterocycles. The topological polar surface area (TPSA) is 86.4 Å². The summed E-state index contributed by atoms with van der Waals surface area (Å²) in [7, 11) is 0. The summed E-state index contributed by atoms with van der Waals surface area (Å²) in [4.78, 5) is 33.6. The summed E-state index contributed by atoms with van der Waals surface area (Å²) in [5.74, 6) is -0.426. The van der Waals surface area contributed by atoms with E-state index in [2.05, 4.69) is 38.0 Å². The molecular weight excluding hydrogens is 522 g/mol. The Kier molecular flexibility index (Phi) is 8.10. The van der Waals surface area contributed by atoms with Crippen LogP contribution in [0.2, 0.25) is 0 Å². The van der Waals surface area contributed by atoms with E-state index >= 15 is 0 Å². The third kappa shape index (κ3) is 6.11. The molecule has 2 aliphatic rings. The third-order valence-corrected chi connectivity index (χ3v) is 7.92. The van der Waals surface area contributed by atoms with Gasteiger partial charge in [-0.25, -0.2) is 0 Å². The Morgan fingerprint density at radius 1 is 0.929 bits per heavy atom. The fraction of sp³-hybridized carbons (Fsp3) is 0.229. The monoisotopic (exact) mass is 557 g/mol. The smallest absolute Gasteiger partial charge is 0.258 e. The Hall–Kier alpha value is -4.75. The highest BCUT2D eigenvalue weighted by atomic mass is 16.2. The molecule has 0 saturated carbocycles. The summed E-state index contributed by atoms with van der Waals surface area (Å²) >= 11 is 0. The van der Waals surface area contributed by atoms with Gasteiger partial charge < -0.3 is 16.0 Å². The second kappa shape index (κ2) is 12.4. The zero-order chi connectivity index (χ0) is 28.9. The summed E-state index contributed by atoms with van der Waals surface area (Å²) in [6.07, 6.45) is 7.25. The molecule has 0 aliphatic carbocycles. The molecule has 3 N–H and O–H groups in total. The lowest BCUT2D eigenvalue weighted by Crippen LogP contribution is -2.29. The van der Waals surface area contributed by atoms with Crippen LogP contribution in [0, 0.1) is 0 Å². The molecule has 3 aromatic carbocycles. The van der Waals surface area contributed by atoms with E-state index in [9.17, 15) is 9.59 Å². The number of carbonyl (C=O) groups is 2. The highest BCUT2D eigenvalue weighted by Crippen LogP contribution is 2.38. The zero-order valence-corrected chi connectivity index (χ0v) is 23.8. The summed E-state index contributed by atoms with van der Waals surface area (Å²) < 4.78 is 0. The Balaban J connectivity index is 1.33. The second-order valence-corrected chi connectivity index (χ2v) is 11.0. The van der Waals surface area contributed by atoms with Crippen molar-refractivity contribution in [3.8, 4) is 0 Å². The van der Waals surface area contributed by atoms with Crippen LogP contribution in [0.5, 0.6) is 0 Å². The number of pyridine rings is 1. The average molecular weight is 558 g/mol. The van der Waals surface area contributed by atoms with Gasteiger partial charge in [-0.2, -0.15) is 0 Å². The first kappa shape index (κ1) is 27.4. The Labute approximate surface area is 246 Å². The minimum absolute atomic E-state index is 0.161. The fourth-order valence-corrected chi connectivity index (χ4v) is 5.72. The predicted octanol–water partition coefficient (Wildman–Crippen LogP) is 6.49. The van der Waals surface area contributed by atoms with Crippen molar-refractivity contribution in [2.75, 3.05) is 23.7 Å². The maximum absolute atomic E-state index is 13.5.